The molecule has 102 valence electrons. The number of rotatable bonds is 2. The number of carbonyl (C=O) groups excluding carboxylic acids is 1. The molecular formula is C16H22N2O. The first-order valence-electron chi connectivity index (χ1n) is 7.16. The summed E-state index contributed by atoms with van der Waals surface area (Å²) in [6, 6.07) is 11.0. The van der Waals surface area contributed by atoms with Crippen LogP contribution in [-0.2, 0) is 4.79 Å². The lowest BCUT2D eigenvalue weighted by molar-refractivity contribution is -0.137. The van der Waals surface area contributed by atoms with Crippen LogP contribution in [0.15, 0.2) is 30.3 Å². The van der Waals surface area contributed by atoms with Gasteiger partial charge in [0.2, 0.25) is 0 Å². The molecule has 0 saturated carbocycles. The van der Waals surface area contributed by atoms with E-state index in [9.17, 15) is 4.79 Å². The van der Waals surface area contributed by atoms with E-state index >= 15 is 0 Å². The van der Waals surface area contributed by atoms with Gasteiger partial charge in [-0.25, -0.2) is 0 Å². The van der Waals surface area contributed by atoms with Gasteiger partial charge in [0.25, 0.3) is 0 Å². The Morgan fingerprint density at radius 1 is 1.05 bits per heavy atom. The molecule has 0 aliphatic carbocycles. The highest BCUT2D eigenvalue weighted by Gasteiger charge is 2.41. The zero-order chi connectivity index (χ0) is 13.4. The summed E-state index contributed by atoms with van der Waals surface area (Å²) in [7, 11) is 2.13. The molecule has 2 saturated heterocycles. The Hall–Kier alpha value is -1.19. The average molecular weight is 258 g/mol. The van der Waals surface area contributed by atoms with E-state index in [1.165, 1.54) is 5.56 Å². The quantitative estimate of drug-likeness (QED) is 0.808. The van der Waals surface area contributed by atoms with Crippen LogP contribution in [0.5, 0.6) is 0 Å². The van der Waals surface area contributed by atoms with Crippen molar-refractivity contribution in [2.24, 2.45) is 11.8 Å². The lowest BCUT2D eigenvalue weighted by Gasteiger charge is -2.45. The Balaban J connectivity index is 1.76. The first kappa shape index (κ1) is 12.8. The maximum absolute atomic E-state index is 12.2. The number of hydrogen-bond donors (Lipinski definition) is 0. The highest BCUT2D eigenvalue weighted by molar-refractivity contribution is 5.85. The van der Waals surface area contributed by atoms with Crippen molar-refractivity contribution in [3.63, 3.8) is 0 Å². The molecule has 1 aromatic carbocycles. The summed E-state index contributed by atoms with van der Waals surface area (Å²) in [5.41, 5.74) is 1.35. The summed E-state index contributed by atoms with van der Waals surface area (Å²) in [5, 5.41) is 0. The van der Waals surface area contributed by atoms with E-state index in [4.69, 9.17) is 0 Å². The molecule has 0 aromatic heterocycles. The lowest BCUT2D eigenvalue weighted by Crippen LogP contribution is -2.57. The van der Waals surface area contributed by atoms with Crippen LogP contribution in [0.25, 0.3) is 0 Å². The van der Waals surface area contributed by atoms with Gasteiger partial charge in [0, 0.05) is 44.1 Å². The summed E-state index contributed by atoms with van der Waals surface area (Å²) in [5.74, 6) is 0.918. The Morgan fingerprint density at radius 2 is 1.63 bits per heavy atom. The fraction of sp³-hybridized carbons (Fsp3) is 0.562. The molecule has 1 aromatic rings. The fourth-order valence-corrected chi connectivity index (χ4v) is 3.53. The second-order valence-electron chi connectivity index (χ2n) is 6.06. The van der Waals surface area contributed by atoms with Gasteiger partial charge >= 0.3 is 0 Å². The average Bonchev–Trinajstić information content (AvgIpc) is 2.40. The predicted octanol–water partition coefficient (Wildman–Crippen LogP) is 1.81. The summed E-state index contributed by atoms with van der Waals surface area (Å²) in [4.78, 5) is 17.0. The standard InChI is InChI=1S/C16H22N2O/c1-12(13-6-4-3-5-7-13)18-10-14-8-17(2)9-15(11-18)16(14)19/h3-7,12,14-15H,8-11H2,1-2H3/t12-,14?,15?/m0/s1. The highest BCUT2D eigenvalue weighted by Crippen LogP contribution is 2.30. The largest absolute Gasteiger partial charge is 0.305 e. The molecule has 2 fully saturated rings. The van der Waals surface area contributed by atoms with Crippen LogP contribution in [0.3, 0.4) is 0 Å². The third kappa shape index (κ3) is 2.45. The molecule has 0 radical (unpaired) electrons. The number of ketones is 1. The summed E-state index contributed by atoms with van der Waals surface area (Å²) < 4.78 is 0. The number of likely N-dealkylation sites (tertiary alicyclic amines) is 2. The summed E-state index contributed by atoms with van der Waals surface area (Å²) in [6.07, 6.45) is 0. The topological polar surface area (TPSA) is 23.6 Å². The molecule has 0 amide bonds. The second-order valence-corrected chi connectivity index (χ2v) is 6.06. The molecule has 19 heavy (non-hydrogen) atoms. The van der Waals surface area contributed by atoms with Crippen molar-refractivity contribution < 1.29 is 4.79 Å². The molecule has 2 heterocycles. The number of hydrogen-bond acceptors (Lipinski definition) is 3. The molecule has 3 atom stereocenters. The highest BCUT2D eigenvalue weighted by atomic mass is 16.1. The molecule has 2 unspecified atom stereocenters. The van der Waals surface area contributed by atoms with Crippen molar-refractivity contribution >= 4 is 5.78 Å². The van der Waals surface area contributed by atoms with Gasteiger partial charge < -0.3 is 4.90 Å². The second kappa shape index (κ2) is 5.06. The van der Waals surface area contributed by atoms with Gasteiger partial charge in [-0.3, -0.25) is 9.69 Å². The number of nitrogens with zero attached hydrogens (tertiary/aromatic N) is 2. The minimum Gasteiger partial charge on any atom is -0.305 e. The summed E-state index contributed by atoms with van der Waals surface area (Å²) in [6.45, 7) is 5.93. The van der Waals surface area contributed by atoms with Crippen molar-refractivity contribution in [3.8, 4) is 0 Å². The molecule has 2 aliphatic rings. The normalized spacial score (nSPS) is 30.3. The van der Waals surface area contributed by atoms with Crippen molar-refractivity contribution in [2.45, 2.75) is 13.0 Å². The molecule has 3 rings (SSSR count). The van der Waals surface area contributed by atoms with Crippen molar-refractivity contribution in [2.75, 3.05) is 33.2 Å². The first-order valence-corrected chi connectivity index (χ1v) is 7.16. The number of fused-ring (bicyclic) bond motifs is 2. The van der Waals surface area contributed by atoms with Crippen molar-refractivity contribution in [3.05, 3.63) is 35.9 Å². The Labute approximate surface area is 115 Å². The van der Waals surface area contributed by atoms with Gasteiger partial charge in [-0.1, -0.05) is 30.3 Å². The predicted molar refractivity (Wildman–Crippen MR) is 75.9 cm³/mol. The van der Waals surface area contributed by atoms with E-state index < -0.39 is 0 Å². The van der Waals surface area contributed by atoms with E-state index in [0.29, 0.717) is 11.8 Å². The van der Waals surface area contributed by atoms with Gasteiger partial charge in [-0.05, 0) is 19.5 Å². The van der Waals surface area contributed by atoms with Crippen LogP contribution in [-0.4, -0.2) is 48.8 Å². The SMILES string of the molecule is C[C@@H](c1ccccc1)N1CC2CN(C)CC(C1)C2=O. The molecule has 0 spiro atoms. The van der Waals surface area contributed by atoms with Crippen LogP contribution < -0.4 is 0 Å². The van der Waals surface area contributed by atoms with E-state index in [2.05, 4.69) is 54.1 Å². The monoisotopic (exact) mass is 258 g/mol. The zero-order valence-corrected chi connectivity index (χ0v) is 11.7. The molecule has 3 heteroatoms. The number of piperidine rings is 2. The Kier molecular flexibility index (Phi) is 3.42. The van der Waals surface area contributed by atoms with Crippen LogP contribution in [0.1, 0.15) is 18.5 Å². The minimum atomic E-state index is 0.212. The molecule has 2 bridgehead atoms. The zero-order valence-electron chi connectivity index (χ0n) is 11.7. The Bertz CT molecular complexity index is 441. The number of benzene rings is 1. The third-order valence-corrected chi connectivity index (χ3v) is 4.61. The number of Topliss-reactive ketones (excluding diaryl/α,β-unsaturated/α-hetero) is 1. The van der Waals surface area contributed by atoms with Crippen LogP contribution in [0, 0.1) is 11.8 Å². The third-order valence-electron chi connectivity index (χ3n) is 4.61. The molecular weight excluding hydrogens is 236 g/mol. The minimum absolute atomic E-state index is 0.212. The maximum Gasteiger partial charge on any atom is 0.144 e. The van der Waals surface area contributed by atoms with Crippen molar-refractivity contribution in [1.29, 1.82) is 0 Å². The Morgan fingerprint density at radius 3 is 2.21 bits per heavy atom. The maximum atomic E-state index is 12.2. The van der Waals surface area contributed by atoms with Gasteiger partial charge in [0.05, 0.1) is 0 Å². The van der Waals surface area contributed by atoms with Crippen LogP contribution in [0.4, 0.5) is 0 Å². The van der Waals surface area contributed by atoms with E-state index in [0.717, 1.165) is 26.2 Å². The van der Waals surface area contributed by atoms with Gasteiger partial charge in [0.1, 0.15) is 5.78 Å². The van der Waals surface area contributed by atoms with Crippen molar-refractivity contribution in [1.82, 2.24) is 9.80 Å². The fourth-order valence-electron chi connectivity index (χ4n) is 3.53. The van der Waals surface area contributed by atoms with Gasteiger partial charge in [-0.15, -0.1) is 0 Å². The van der Waals surface area contributed by atoms with E-state index in [-0.39, 0.29) is 11.8 Å². The molecule has 2 aliphatic heterocycles. The first-order chi connectivity index (χ1) is 9.15. The van der Waals surface area contributed by atoms with E-state index in [1.807, 2.05) is 0 Å². The number of carbonyl (C=O) groups is 1. The molecule has 3 nitrogen and oxygen atoms in total. The van der Waals surface area contributed by atoms with Crippen LogP contribution in [0.2, 0.25) is 0 Å². The molecule has 0 N–H and O–H groups in total. The van der Waals surface area contributed by atoms with Crippen LogP contribution >= 0.6 is 0 Å². The van der Waals surface area contributed by atoms with E-state index in [1.54, 1.807) is 0 Å². The lowest BCUT2D eigenvalue weighted by atomic mass is 9.82. The van der Waals surface area contributed by atoms with Gasteiger partial charge in [-0.2, -0.15) is 0 Å². The van der Waals surface area contributed by atoms with Gasteiger partial charge in [0.15, 0.2) is 0 Å². The summed E-state index contributed by atoms with van der Waals surface area (Å²) >= 11 is 0. The smallest absolute Gasteiger partial charge is 0.144 e.